The van der Waals surface area contributed by atoms with Gasteiger partial charge in [-0.25, -0.2) is 0 Å². The Hall–Kier alpha value is -1.58. The lowest BCUT2D eigenvalue weighted by Gasteiger charge is -2.11. The molecule has 2 aromatic rings. The summed E-state index contributed by atoms with van der Waals surface area (Å²) in [5, 5.41) is 0.713. The van der Waals surface area contributed by atoms with E-state index >= 15 is 0 Å². The van der Waals surface area contributed by atoms with Gasteiger partial charge in [-0.2, -0.15) is 0 Å². The van der Waals surface area contributed by atoms with Crippen molar-refractivity contribution in [3.05, 3.63) is 58.9 Å². The second kappa shape index (κ2) is 7.12. The molecule has 0 spiro atoms. The van der Waals surface area contributed by atoms with E-state index in [1.54, 1.807) is 12.4 Å². The number of aromatic nitrogens is 1. The third-order valence-electron chi connectivity index (χ3n) is 2.83. The van der Waals surface area contributed by atoms with Gasteiger partial charge in [0.05, 0.1) is 6.61 Å². The van der Waals surface area contributed by atoms with E-state index in [1.165, 1.54) is 5.56 Å². The Kier molecular flexibility index (Phi) is 5.19. The van der Waals surface area contributed by atoms with Gasteiger partial charge < -0.3 is 10.5 Å². The van der Waals surface area contributed by atoms with E-state index in [2.05, 4.69) is 4.98 Å². The molecular weight excluding hydrogens is 260 g/mol. The summed E-state index contributed by atoms with van der Waals surface area (Å²) in [5.74, 6) is 0.865. The lowest BCUT2D eigenvalue weighted by atomic mass is 10.1. The van der Waals surface area contributed by atoms with Crippen molar-refractivity contribution in [3.63, 3.8) is 0 Å². The Labute approximate surface area is 118 Å². The van der Waals surface area contributed by atoms with Crippen LogP contribution in [-0.4, -0.2) is 18.1 Å². The molecule has 0 amide bonds. The number of hydrogen-bond donors (Lipinski definition) is 1. The first-order valence-corrected chi connectivity index (χ1v) is 6.67. The highest BCUT2D eigenvalue weighted by Crippen LogP contribution is 2.23. The molecule has 0 fully saturated rings. The van der Waals surface area contributed by atoms with Gasteiger partial charge in [-0.05, 0) is 54.4 Å². The smallest absolute Gasteiger partial charge is 0.122 e. The normalized spacial score (nSPS) is 10.4. The van der Waals surface area contributed by atoms with Gasteiger partial charge in [0.2, 0.25) is 0 Å². The standard InChI is InChI=1S/C15H17ClN2O/c16-14-1-2-15(13(11-14)3-7-17)19-10-6-12-4-8-18-9-5-12/h1-2,4-5,8-9,11H,3,6-7,10,17H2. The molecule has 0 saturated carbocycles. The van der Waals surface area contributed by atoms with E-state index in [0.717, 1.165) is 24.2 Å². The Morgan fingerprint density at radius 3 is 2.63 bits per heavy atom. The van der Waals surface area contributed by atoms with Crippen molar-refractivity contribution in [2.24, 2.45) is 5.73 Å². The molecule has 2 N–H and O–H groups in total. The Morgan fingerprint density at radius 2 is 1.89 bits per heavy atom. The van der Waals surface area contributed by atoms with Crippen LogP contribution in [-0.2, 0) is 12.8 Å². The number of benzene rings is 1. The van der Waals surface area contributed by atoms with Crippen LogP contribution in [0, 0.1) is 0 Å². The van der Waals surface area contributed by atoms with E-state index in [1.807, 2.05) is 30.3 Å². The van der Waals surface area contributed by atoms with Crippen LogP contribution in [0.4, 0.5) is 0 Å². The fraction of sp³-hybridized carbons (Fsp3) is 0.267. The highest BCUT2D eigenvalue weighted by molar-refractivity contribution is 6.30. The molecule has 0 atom stereocenters. The lowest BCUT2D eigenvalue weighted by Crippen LogP contribution is -2.07. The molecule has 0 saturated heterocycles. The summed E-state index contributed by atoms with van der Waals surface area (Å²) >= 11 is 5.98. The van der Waals surface area contributed by atoms with Crippen molar-refractivity contribution in [1.82, 2.24) is 4.98 Å². The van der Waals surface area contributed by atoms with Crippen molar-refractivity contribution in [1.29, 1.82) is 0 Å². The number of pyridine rings is 1. The molecule has 0 radical (unpaired) electrons. The summed E-state index contributed by atoms with van der Waals surface area (Å²) in [6.45, 7) is 1.21. The van der Waals surface area contributed by atoms with Gasteiger partial charge in [0.1, 0.15) is 5.75 Å². The Balaban J connectivity index is 1.95. The van der Waals surface area contributed by atoms with Gasteiger partial charge in [0.25, 0.3) is 0 Å². The van der Waals surface area contributed by atoms with Crippen LogP contribution < -0.4 is 10.5 Å². The van der Waals surface area contributed by atoms with Gasteiger partial charge in [-0.1, -0.05) is 11.6 Å². The molecule has 4 heteroatoms. The van der Waals surface area contributed by atoms with Crippen molar-refractivity contribution in [2.45, 2.75) is 12.8 Å². The quantitative estimate of drug-likeness (QED) is 0.883. The van der Waals surface area contributed by atoms with E-state index in [0.29, 0.717) is 18.2 Å². The molecule has 0 unspecified atom stereocenters. The number of rotatable bonds is 6. The summed E-state index contributed by atoms with van der Waals surface area (Å²) in [5.41, 5.74) is 7.87. The largest absolute Gasteiger partial charge is 0.493 e. The van der Waals surface area contributed by atoms with Crippen LogP contribution in [0.3, 0.4) is 0 Å². The zero-order valence-electron chi connectivity index (χ0n) is 10.7. The third kappa shape index (κ3) is 4.23. The van der Waals surface area contributed by atoms with Crippen molar-refractivity contribution >= 4 is 11.6 Å². The van der Waals surface area contributed by atoms with E-state index in [9.17, 15) is 0 Å². The molecule has 0 bridgehead atoms. The average Bonchev–Trinajstić information content (AvgIpc) is 2.43. The second-order valence-corrected chi connectivity index (χ2v) is 4.68. The summed E-state index contributed by atoms with van der Waals surface area (Å²) in [7, 11) is 0. The van der Waals surface area contributed by atoms with Crippen LogP contribution in [0.25, 0.3) is 0 Å². The summed E-state index contributed by atoms with van der Waals surface area (Å²) < 4.78 is 5.81. The molecule has 1 heterocycles. The molecule has 0 aliphatic carbocycles. The topological polar surface area (TPSA) is 48.1 Å². The van der Waals surface area contributed by atoms with Crippen LogP contribution in [0.1, 0.15) is 11.1 Å². The number of nitrogens with two attached hydrogens (primary N) is 1. The molecule has 100 valence electrons. The van der Waals surface area contributed by atoms with Gasteiger partial charge in [-0.15, -0.1) is 0 Å². The summed E-state index contributed by atoms with van der Waals surface area (Å²) in [4.78, 5) is 3.99. The number of halogens is 1. The van der Waals surface area contributed by atoms with Crippen LogP contribution in [0.5, 0.6) is 5.75 Å². The van der Waals surface area contributed by atoms with Crippen molar-refractivity contribution < 1.29 is 4.74 Å². The second-order valence-electron chi connectivity index (χ2n) is 4.24. The zero-order valence-corrected chi connectivity index (χ0v) is 11.4. The Bertz CT molecular complexity index is 517. The van der Waals surface area contributed by atoms with Crippen molar-refractivity contribution in [2.75, 3.05) is 13.2 Å². The van der Waals surface area contributed by atoms with Gasteiger partial charge in [-0.3, -0.25) is 4.98 Å². The predicted molar refractivity (Wildman–Crippen MR) is 77.6 cm³/mol. The molecule has 0 aliphatic heterocycles. The highest BCUT2D eigenvalue weighted by atomic mass is 35.5. The number of nitrogens with zero attached hydrogens (tertiary/aromatic N) is 1. The minimum atomic E-state index is 0.584. The van der Waals surface area contributed by atoms with Crippen LogP contribution >= 0.6 is 11.6 Å². The minimum absolute atomic E-state index is 0.584. The van der Waals surface area contributed by atoms with Crippen LogP contribution in [0.15, 0.2) is 42.7 Å². The molecule has 3 nitrogen and oxygen atoms in total. The maximum absolute atomic E-state index is 5.98. The molecule has 2 rings (SSSR count). The predicted octanol–water partition coefficient (Wildman–Crippen LogP) is 2.86. The maximum Gasteiger partial charge on any atom is 0.122 e. The third-order valence-corrected chi connectivity index (χ3v) is 3.07. The Morgan fingerprint density at radius 1 is 1.11 bits per heavy atom. The maximum atomic E-state index is 5.98. The van der Waals surface area contributed by atoms with E-state index in [4.69, 9.17) is 22.1 Å². The van der Waals surface area contributed by atoms with E-state index < -0.39 is 0 Å². The first kappa shape index (κ1) is 13.8. The zero-order chi connectivity index (χ0) is 13.5. The first-order valence-electron chi connectivity index (χ1n) is 6.30. The molecular formula is C15H17ClN2O. The first-order chi connectivity index (χ1) is 9.29. The summed E-state index contributed by atoms with van der Waals surface area (Å²) in [6.07, 6.45) is 5.20. The monoisotopic (exact) mass is 276 g/mol. The molecule has 1 aromatic carbocycles. The number of hydrogen-bond acceptors (Lipinski definition) is 3. The number of ether oxygens (including phenoxy) is 1. The van der Waals surface area contributed by atoms with Crippen molar-refractivity contribution in [3.8, 4) is 5.75 Å². The summed E-state index contributed by atoms with van der Waals surface area (Å²) in [6, 6.07) is 9.64. The SMILES string of the molecule is NCCc1cc(Cl)ccc1OCCc1ccncc1. The molecule has 0 aliphatic rings. The van der Waals surface area contributed by atoms with Crippen LogP contribution in [0.2, 0.25) is 5.02 Å². The fourth-order valence-corrected chi connectivity index (χ4v) is 2.06. The molecule has 1 aromatic heterocycles. The average molecular weight is 277 g/mol. The van der Waals surface area contributed by atoms with Gasteiger partial charge in [0.15, 0.2) is 0 Å². The highest BCUT2D eigenvalue weighted by Gasteiger charge is 2.04. The van der Waals surface area contributed by atoms with E-state index in [-0.39, 0.29) is 0 Å². The minimum Gasteiger partial charge on any atom is -0.493 e. The fourth-order valence-electron chi connectivity index (χ4n) is 1.87. The van der Waals surface area contributed by atoms with Gasteiger partial charge >= 0.3 is 0 Å². The molecule has 19 heavy (non-hydrogen) atoms. The lowest BCUT2D eigenvalue weighted by molar-refractivity contribution is 0.318. The van der Waals surface area contributed by atoms with Gasteiger partial charge in [0, 0.05) is 23.8 Å².